The van der Waals surface area contributed by atoms with Crippen molar-refractivity contribution in [2.45, 2.75) is 45.0 Å². The van der Waals surface area contributed by atoms with E-state index in [-0.39, 0.29) is 11.1 Å². The van der Waals surface area contributed by atoms with Gasteiger partial charge in [-0.15, -0.1) is 0 Å². The summed E-state index contributed by atoms with van der Waals surface area (Å²) in [6, 6.07) is 4.03. The van der Waals surface area contributed by atoms with Crippen LogP contribution in [0.1, 0.15) is 32.4 Å². The van der Waals surface area contributed by atoms with E-state index in [1.807, 2.05) is 12.3 Å². The number of hydrogen-bond acceptors (Lipinski definition) is 2. The van der Waals surface area contributed by atoms with Crippen LogP contribution in [-0.4, -0.2) is 18.6 Å². The lowest BCUT2D eigenvalue weighted by atomic mass is 10.2. The van der Waals surface area contributed by atoms with E-state index >= 15 is 0 Å². The highest BCUT2D eigenvalue weighted by molar-refractivity contribution is 9.09. The van der Waals surface area contributed by atoms with Crippen LogP contribution in [0, 0.1) is 0 Å². The van der Waals surface area contributed by atoms with E-state index in [9.17, 15) is 0 Å². The van der Waals surface area contributed by atoms with Gasteiger partial charge in [-0.25, -0.2) is 0 Å². The van der Waals surface area contributed by atoms with Crippen molar-refractivity contribution in [2.75, 3.05) is 5.33 Å². The number of nitrogens with zero attached hydrogens (tertiary/aromatic N) is 1. The van der Waals surface area contributed by atoms with Crippen LogP contribution in [0.2, 0.25) is 18.1 Å². The minimum absolute atomic E-state index is 0.101. The first-order valence-electron chi connectivity index (χ1n) is 5.91. The number of pyridine rings is 1. The maximum atomic E-state index is 6.39. The molecule has 0 fully saturated rings. The molecule has 0 aliphatic rings. The number of aromatic nitrogens is 1. The lowest BCUT2D eigenvalue weighted by Gasteiger charge is -2.39. The zero-order valence-corrected chi connectivity index (χ0v) is 13.9. The highest BCUT2D eigenvalue weighted by atomic mass is 79.9. The maximum Gasteiger partial charge on any atom is 0.192 e. The van der Waals surface area contributed by atoms with Gasteiger partial charge in [0.25, 0.3) is 0 Å². The van der Waals surface area contributed by atoms with E-state index < -0.39 is 8.32 Å². The second-order valence-corrected chi connectivity index (χ2v) is 11.2. The number of rotatable bonds is 4. The summed E-state index contributed by atoms with van der Waals surface area (Å²) >= 11 is 3.54. The summed E-state index contributed by atoms with van der Waals surface area (Å²) in [7, 11) is -1.73. The Morgan fingerprint density at radius 1 is 1.41 bits per heavy atom. The van der Waals surface area contributed by atoms with Gasteiger partial charge >= 0.3 is 0 Å². The van der Waals surface area contributed by atoms with Gasteiger partial charge in [-0.2, -0.15) is 0 Å². The van der Waals surface area contributed by atoms with Crippen molar-refractivity contribution in [1.29, 1.82) is 0 Å². The molecule has 0 bridgehead atoms. The molecule has 0 aliphatic carbocycles. The van der Waals surface area contributed by atoms with Crippen LogP contribution in [0.15, 0.2) is 24.5 Å². The molecule has 0 saturated heterocycles. The van der Waals surface area contributed by atoms with Gasteiger partial charge in [0.05, 0.1) is 6.10 Å². The van der Waals surface area contributed by atoms with Gasteiger partial charge in [0.15, 0.2) is 8.32 Å². The van der Waals surface area contributed by atoms with Crippen molar-refractivity contribution in [2.24, 2.45) is 0 Å². The topological polar surface area (TPSA) is 22.1 Å². The molecule has 0 amide bonds. The van der Waals surface area contributed by atoms with E-state index in [4.69, 9.17) is 4.43 Å². The lowest BCUT2D eigenvalue weighted by Crippen LogP contribution is -2.42. The first-order valence-corrected chi connectivity index (χ1v) is 9.94. The van der Waals surface area contributed by atoms with Crippen molar-refractivity contribution < 1.29 is 4.43 Å². The molecule has 0 N–H and O–H groups in total. The van der Waals surface area contributed by atoms with E-state index in [0.717, 1.165) is 10.9 Å². The van der Waals surface area contributed by atoms with Crippen LogP contribution < -0.4 is 0 Å². The summed E-state index contributed by atoms with van der Waals surface area (Å²) in [4.78, 5) is 4.16. The van der Waals surface area contributed by atoms with Crippen LogP contribution in [0.3, 0.4) is 0 Å². The quantitative estimate of drug-likeness (QED) is 0.601. The Morgan fingerprint density at radius 2 is 2.06 bits per heavy atom. The van der Waals surface area contributed by atoms with Crippen LogP contribution in [0.4, 0.5) is 0 Å². The summed E-state index contributed by atoms with van der Waals surface area (Å²) in [5, 5.41) is 1.04. The second kappa shape index (κ2) is 5.63. The third kappa shape index (κ3) is 3.90. The third-order valence-corrected chi connectivity index (χ3v) is 8.51. The van der Waals surface area contributed by atoms with Gasteiger partial charge in [0, 0.05) is 17.7 Å². The molecular weight excluding hydrogens is 294 g/mol. The Kier molecular flexibility index (Phi) is 4.92. The summed E-state index contributed by atoms with van der Waals surface area (Å²) in [6.45, 7) is 11.3. The predicted molar refractivity (Wildman–Crippen MR) is 79.1 cm³/mol. The molecule has 1 aromatic heterocycles. The summed E-state index contributed by atoms with van der Waals surface area (Å²) in [6.07, 6.45) is 3.78. The van der Waals surface area contributed by atoms with Crippen LogP contribution in [-0.2, 0) is 4.43 Å². The standard InChI is InChI=1S/C13H22BrNOSi/c1-13(2,3)17(4,5)16-12(9-14)11-7-6-8-15-10-11/h6-8,10,12H,9H2,1-5H3/t12-/m0/s1. The second-order valence-electron chi connectivity index (χ2n) is 5.81. The Balaban J connectivity index is 2.85. The van der Waals surface area contributed by atoms with Gasteiger partial charge in [0.1, 0.15) is 0 Å². The van der Waals surface area contributed by atoms with Crippen molar-refractivity contribution in [3.8, 4) is 0 Å². The average Bonchev–Trinajstić information content (AvgIpc) is 2.25. The molecule has 2 nitrogen and oxygen atoms in total. The van der Waals surface area contributed by atoms with Crippen molar-refractivity contribution >= 4 is 24.2 Å². The predicted octanol–water partition coefficient (Wildman–Crippen LogP) is 4.54. The van der Waals surface area contributed by atoms with E-state index in [1.54, 1.807) is 6.20 Å². The fourth-order valence-electron chi connectivity index (χ4n) is 1.29. The average molecular weight is 316 g/mol. The number of hydrogen-bond donors (Lipinski definition) is 0. The van der Waals surface area contributed by atoms with Gasteiger partial charge in [-0.3, -0.25) is 4.98 Å². The zero-order valence-electron chi connectivity index (χ0n) is 11.3. The Hall–Kier alpha value is -0.193. The molecule has 0 aliphatic heterocycles. The van der Waals surface area contributed by atoms with E-state index in [1.165, 1.54) is 0 Å². The molecule has 1 aromatic rings. The van der Waals surface area contributed by atoms with Gasteiger partial charge < -0.3 is 4.43 Å². The zero-order chi connectivity index (χ0) is 13.1. The summed E-state index contributed by atoms with van der Waals surface area (Å²) < 4.78 is 6.39. The van der Waals surface area contributed by atoms with E-state index in [2.05, 4.69) is 60.8 Å². The molecule has 0 spiro atoms. The molecule has 17 heavy (non-hydrogen) atoms. The van der Waals surface area contributed by atoms with Crippen LogP contribution in [0.25, 0.3) is 0 Å². The van der Waals surface area contributed by atoms with Crippen molar-refractivity contribution in [1.82, 2.24) is 4.98 Å². The monoisotopic (exact) mass is 315 g/mol. The maximum absolute atomic E-state index is 6.39. The van der Waals surface area contributed by atoms with E-state index in [0.29, 0.717) is 0 Å². The van der Waals surface area contributed by atoms with Crippen LogP contribution in [0.5, 0.6) is 0 Å². The number of halogens is 1. The molecule has 0 unspecified atom stereocenters. The molecule has 0 saturated carbocycles. The van der Waals surface area contributed by atoms with Crippen molar-refractivity contribution in [3.05, 3.63) is 30.1 Å². The first-order chi connectivity index (χ1) is 7.78. The SMILES string of the molecule is CC(C)(C)[Si](C)(C)O[C@@H](CBr)c1cccnc1. The minimum Gasteiger partial charge on any atom is -0.409 e. The molecule has 4 heteroatoms. The summed E-state index contributed by atoms with van der Waals surface area (Å²) in [5.74, 6) is 0. The fourth-order valence-corrected chi connectivity index (χ4v) is 3.32. The Morgan fingerprint density at radius 3 is 2.47 bits per heavy atom. The minimum atomic E-state index is -1.73. The summed E-state index contributed by atoms with van der Waals surface area (Å²) in [5.41, 5.74) is 1.15. The molecule has 1 rings (SSSR count). The molecule has 0 radical (unpaired) electrons. The van der Waals surface area contributed by atoms with Gasteiger partial charge in [-0.05, 0) is 29.8 Å². The van der Waals surface area contributed by atoms with Gasteiger partial charge in [-0.1, -0.05) is 42.8 Å². The molecule has 96 valence electrons. The lowest BCUT2D eigenvalue weighted by molar-refractivity contribution is 0.208. The largest absolute Gasteiger partial charge is 0.409 e. The van der Waals surface area contributed by atoms with Crippen LogP contribution >= 0.6 is 15.9 Å². The Labute approximate surface area is 114 Å². The molecular formula is C13H22BrNOSi. The highest BCUT2D eigenvalue weighted by Gasteiger charge is 2.39. The normalized spacial score (nSPS) is 14.7. The third-order valence-electron chi connectivity index (χ3n) is 3.44. The highest BCUT2D eigenvalue weighted by Crippen LogP contribution is 2.39. The van der Waals surface area contributed by atoms with Crippen molar-refractivity contribution in [3.63, 3.8) is 0 Å². The smallest absolute Gasteiger partial charge is 0.192 e. The molecule has 0 aromatic carbocycles. The molecule has 1 heterocycles. The molecule has 1 atom stereocenters. The number of alkyl halides is 1. The fraction of sp³-hybridized carbons (Fsp3) is 0.615. The Bertz CT molecular complexity index is 348. The first kappa shape index (κ1) is 14.9. The van der Waals surface area contributed by atoms with Gasteiger partial charge in [0.2, 0.25) is 0 Å².